The fraction of sp³-hybridized carbons (Fsp3) is 0.381. The van der Waals surface area contributed by atoms with E-state index in [0.29, 0.717) is 5.69 Å². The van der Waals surface area contributed by atoms with E-state index in [1.54, 1.807) is 6.07 Å². The van der Waals surface area contributed by atoms with E-state index in [-0.39, 0.29) is 18.5 Å². The van der Waals surface area contributed by atoms with Gasteiger partial charge in [-0.15, -0.1) is 0 Å². The number of aryl methyl sites for hydroxylation is 3. The Morgan fingerprint density at radius 3 is 2.14 bits per heavy atom. The van der Waals surface area contributed by atoms with Crippen molar-refractivity contribution in [1.29, 1.82) is 0 Å². The van der Waals surface area contributed by atoms with Gasteiger partial charge in [-0.05, 0) is 50.5 Å². The first kappa shape index (κ1) is 21.9. The predicted octanol–water partition coefficient (Wildman–Crippen LogP) is 3.10. The summed E-state index contributed by atoms with van der Waals surface area (Å²) in [6.07, 6.45) is 0. The summed E-state index contributed by atoms with van der Waals surface area (Å²) in [5, 5.41) is 2.90. The lowest BCUT2D eigenvalue weighted by Crippen LogP contribution is -2.46. The molecule has 152 valence electrons. The van der Waals surface area contributed by atoms with Crippen molar-refractivity contribution in [3.05, 3.63) is 64.7 Å². The average molecular weight is 404 g/mol. The van der Waals surface area contributed by atoms with E-state index >= 15 is 0 Å². The van der Waals surface area contributed by atoms with Gasteiger partial charge in [-0.1, -0.05) is 42.0 Å². The molecular formula is C21H29N3O3S. The number of carbonyl (C=O) groups is 1. The maximum absolute atomic E-state index is 12.9. The van der Waals surface area contributed by atoms with Crippen molar-refractivity contribution in [3.63, 3.8) is 0 Å². The van der Waals surface area contributed by atoms with E-state index in [1.807, 2.05) is 64.1 Å². The molecule has 1 atom stereocenters. The Labute approximate surface area is 168 Å². The summed E-state index contributed by atoms with van der Waals surface area (Å²) in [5.74, 6) is -0.362. The molecule has 0 heterocycles. The maximum atomic E-state index is 12.9. The summed E-state index contributed by atoms with van der Waals surface area (Å²) in [6, 6.07) is 13.2. The number of carbonyl (C=O) groups excluding carboxylic acids is 1. The monoisotopic (exact) mass is 403 g/mol. The second-order valence-electron chi connectivity index (χ2n) is 7.29. The summed E-state index contributed by atoms with van der Waals surface area (Å²) in [7, 11) is -0.909. The van der Waals surface area contributed by atoms with Crippen LogP contribution < -0.4 is 9.62 Å². The third-order valence-electron chi connectivity index (χ3n) is 4.62. The molecule has 0 aliphatic heterocycles. The molecular weight excluding hydrogens is 374 g/mol. The third-order valence-corrected chi connectivity index (χ3v) is 6.42. The molecule has 28 heavy (non-hydrogen) atoms. The molecule has 2 aromatic rings. The van der Waals surface area contributed by atoms with Crippen LogP contribution in [0.3, 0.4) is 0 Å². The van der Waals surface area contributed by atoms with Crippen molar-refractivity contribution in [2.24, 2.45) is 0 Å². The number of hydrogen-bond acceptors (Lipinski definition) is 3. The van der Waals surface area contributed by atoms with Gasteiger partial charge in [0.2, 0.25) is 5.91 Å². The van der Waals surface area contributed by atoms with Gasteiger partial charge in [-0.25, -0.2) is 4.31 Å². The Bertz CT molecular complexity index is 938. The first-order chi connectivity index (χ1) is 13.0. The SMILES string of the molecule is Cc1ccc(C(C)NC(=O)CN(c2cc(C)ccc2C)S(=O)(=O)N(C)C)cc1. The van der Waals surface area contributed by atoms with E-state index in [4.69, 9.17) is 0 Å². The summed E-state index contributed by atoms with van der Waals surface area (Å²) in [5.41, 5.74) is 4.32. The molecule has 0 saturated carbocycles. The van der Waals surface area contributed by atoms with Crippen molar-refractivity contribution in [2.45, 2.75) is 33.7 Å². The standard InChI is InChI=1S/C21H29N3O3S/c1-15-8-11-19(12-9-15)18(4)22-21(25)14-24(28(26,27)23(5)6)20-13-16(2)7-10-17(20)3/h7-13,18H,14H2,1-6H3,(H,22,25). The molecule has 0 aliphatic carbocycles. The molecule has 0 radical (unpaired) electrons. The molecule has 7 heteroatoms. The molecule has 2 rings (SSSR count). The second-order valence-corrected chi connectivity index (χ2v) is 9.35. The van der Waals surface area contributed by atoms with Crippen LogP contribution in [0.15, 0.2) is 42.5 Å². The van der Waals surface area contributed by atoms with Gasteiger partial charge in [0, 0.05) is 14.1 Å². The van der Waals surface area contributed by atoms with Crippen molar-refractivity contribution in [1.82, 2.24) is 9.62 Å². The quantitative estimate of drug-likeness (QED) is 0.772. The van der Waals surface area contributed by atoms with Crippen LogP contribution in [0, 0.1) is 20.8 Å². The number of nitrogens with one attached hydrogen (secondary N) is 1. The molecule has 6 nitrogen and oxygen atoms in total. The summed E-state index contributed by atoms with van der Waals surface area (Å²) in [4.78, 5) is 12.7. The number of benzene rings is 2. The number of anilines is 1. The van der Waals surface area contributed by atoms with Gasteiger partial charge in [0.25, 0.3) is 0 Å². The van der Waals surface area contributed by atoms with E-state index in [1.165, 1.54) is 14.1 Å². The summed E-state index contributed by atoms with van der Waals surface area (Å²) < 4.78 is 28.1. The van der Waals surface area contributed by atoms with Gasteiger partial charge < -0.3 is 5.32 Å². The highest BCUT2D eigenvalue weighted by Gasteiger charge is 2.28. The van der Waals surface area contributed by atoms with Gasteiger partial charge in [0.1, 0.15) is 6.54 Å². The number of rotatable bonds is 7. The van der Waals surface area contributed by atoms with E-state index in [9.17, 15) is 13.2 Å². The van der Waals surface area contributed by atoms with Crippen LogP contribution in [-0.2, 0) is 15.0 Å². The predicted molar refractivity (Wildman–Crippen MR) is 114 cm³/mol. The maximum Gasteiger partial charge on any atom is 0.304 e. The Hall–Kier alpha value is -2.38. The zero-order valence-corrected chi connectivity index (χ0v) is 18.2. The molecule has 1 amide bonds. The topological polar surface area (TPSA) is 69.7 Å². The van der Waals surface area contributed by atoms with Crippen molar-refractivity contribution >= 4 is 21.8 Å². The molecule has 0 bridgehead atoms. The van der Waals surface area contributed by atoms with Crippen LogP contribution in [0.4, 0.5) is 5.69 Å². The molecule has 0 spiro atoms. The van der Waals surface area contributed by atoms with E-state index in [0.717, 1.165) is 30.9 Å². The zero-order chi connectivity index (χ0) is 21.1. The van der Waals surface area contributed by atoms with E-state index < -0.39 is 10.2 Å². The molecule has 0 saturated heterocycles. The Kier molecular flexibility index (Phi) is 6.85. The Balaban J connectivity index is 2.28. The fourth-order valence-electron chi connectivity index (χ4n) is 2.83. The lowest BCUT2D eigenvalue weighted by atomic mass is 10.1. The minimum Gasteiger partial charge on any atom is -0.348 e. The Morgan fingerprint density at radius 1 is 1.00 bits per heavy atom. The normalized spacial score (nSPS) is 12.7. The molecule has 1 unspecified atom stereocenters. The number of hydrogen-bond donors (Lipinski definition) is 1. The minimum absolute atomic E-state index is 0.226. The Morgan fingerprint density at radius 2 is 1.57 bits per heavy atom. The van der Waals surface area contributed by atoms with Crippen LogP contribution >= 0.6 is 0 Å². The highest BCUT2D eigenvalue weighted by molar-refractivity contribution is 7.90. The van der Waals surface area contributed by atoms with Gasteiger partial charge >= 0.3 is 10.2 Å². The highest BCUT2D eigenvalue weighted by Crippen LogP contribution is 2.25. The lowest BCUT2D eigenvalue weighted by Gasteiger charge is -2.29. The second kappa shape index (κ2) is 8.75. The van der Waals surface area contributed by atoms with Crippen molar-refractivity contribution < 1.29 is 13.2 Å². The first-order valence-corrected chi connectivity index (χ1v) is 10.6. The van der Waals surface area contributed by atoms with Gasteiger partial charge in [-0.2, -0.15) is 12.7 Å². The minimum atomic E-state index is -3.83. The van der Waals surface area contributed by atoms with Crippen LogP contribution in [-0.4, -0.2) is 39.3 Å². The smallest absolute Gasteiger partial charge is 0.304 e. The largest absolute Gasteiger partial charge is 0.348 e. The summed E-state index contributed by atoms with van der Waals surface area (Å²) in [6.45, 7) is 7.32. The van der Waals surface area contributed by atoms with Crippen molar-refractivity contribution in [2.75, 3.05) is 24.9 Å². The molecule has 0 fully saturated rings. The van der Waals surface area contributed by atoms with E-state index in [2.05, 4.69) is 5.32 Å². The molecule has 0 aromatic heterocycles. The molecule has 1 N–H and O–H groups in total. The van der Waals surface area contributed by atoms with Crippen LogP contribution in [0.2, 0.25) is 0 Å². The number of nitrogens with zero attached hydrogens (tertiary/aromatic N) is 2. The van der Waals surface area contributed by atoms with Crippen LogP contribution in [0.1, 0.15) is 35.2 Å². The van der Waals surface area contributed by atoms with Gasteiger partial charge in [0.05, 0.1) is 11.7 Å². The fourth-order valence-corrected chi connectivity index (χ4v) is 3.95. The van der Waals surface area contributed by atoms with Gasteiger partial charge in [-0.3, -0.25) is 4.79 Å². The first-order valence-electron chi connectivity index (χ1n) is 9.15. The summed E-state index contributed by atoms with van der Waals surface area (Å²) >= 11 is 0. The molecule has 2 aromatic carbocycles. The number of amides is 1. The highest BCUT2D eigenvalue weighted by atomic mass is 32.2. The van der Waals surface area contributed by atoms with Crippen LogP contribution in [0.25, 0.3) is 0 Å². The van der Waals surface area contributed by atoms with Gasteiger partial charge in [0.15, 0.2) is 0 Å². The zero-order valence-electron chi connectivity index (χ0n) is 17.4. The van der Waals surface area contributed by atoms with Crippen molar-refractivity contribution in [3.8, 4) is 0 Å². The van der Waals surface area contributed by atoms with Crippen LogP contribution in [0.5, 0.6) is 0 Å². The molecule has 0 aliphatic rings. The third kappa shape index (κ3) is 5.11. The average Bonchev–Trinajstić information content (AvgIpc) is 2.62. The lowest BCUT2D eigenvalue weighted by molar-refractivity contribution is -0.120.